The largest absolute Gasteiger partial charge is 0.478 e. The summed E-state index contributed by atoms with van der Waals surface area (Å²) in [5.74, 6) is -0.710. The van der Waals surface area contributed by atoms with Crippen molar-refractivity contribution in [3.63, 3.8) is 0 Å². The topological polar surface area (TPSA) is 134 Å². The predicted molar refractivity (Wildman–Crippen MR) is 150 cm³/mol. The second-order valence-electron chi connectivity index (χ2n) is 9.28. The average Bonchev–Trinajstić information content (AvgIpc) is 3.47. The van der Waals surface area contributed by atoms with Gasteiger partial charge in [-0.15, -0.1) is 0 Å². The zero-order valence-electron chi connectivity index (χ0n) is 22.6. The molecule has 2 unspecified atom stereocenters. The highest BCUT2D eigenvalue weighted by Gasteiger charge is 2.30. The molecule has 2 N–H and O–H groups in total. The summed E-state index contributed by atoms with van der Waals surface area (Å²) < 4.78 is 33.7. The van der Waals surface area contributed by atoms with Gasteiger partial charge in [-0.1, -0.05) is 48.5 Å². The predicted octanol–water partition coefficient (Wildman–Crippen LogP) is 6.14. The Labute approximate surface area is 241 Å². The summed E-state index contributed by atoms with van der Waals surface area (Å²) >= 11 is 0. The molecule has 3 aromatic carbocycles. The molecule has 1 aliphatic rings. The van der Waals surface area contributed by atoms with E-state index in [1.807, 2.05) is 24.3 Å². The van der Waals surface area contributed by atoms with Gasteiger partial charge >= 0.3 is 18.4 Å². The van der Waals surface area contributed by atoms with Gasteiger partial charge in [-0.3, -0.25) is 0 Å². The Bertz CT molecular complexity index is 1590. The molecule has 10 heteroatoms. The van der Waals surface area contributed by atoms with Crippen LogP contribution in [0, 0.1) is 0 Å². The third-order valence-corrected chi connectivity index (χ3v) is 6.60. The molecule has 0 saturated carbocycles. The fourth-order valence-electron chi connectivity index (χ4n) is 4.56. The first-order valence-electron chi connectivity index (χ1n) is 13.0. The first-order valence-corrected chi connectivity index (χ1v) is 13.0. The van der Waals surface area contributed by atoms with E-state index >= 15 is 0 Å². The summed E-state index contributed by atoms with van der Waals surface area (Å²) in [7, 11) is 1.45. The molecule has 0 spiro atoms. The van der Waals surface area contributed by atoms with Gasteiger partial charge in [0.2, 0.25) is 0 Å². The number of carboxylic acids is 2. The second kappa shape index (κ2) is 13.2. The number of carboxylic acid groups (broad SMARTS) is 2. The number of aliphatic carboxylic acids is 1. The Morgan fingerprint density at radius 1 is 0.976 bits per heavy atom. The number of para-hydroxylation sites is 1. The molecular weight excluding hydrogens is 544 g/mol. The van der Waals surface area contributed by atoms with E-state index in [0.29, 0.717) is 28.4 Å². The van der Waals surface area contributed by atoms with E-state index in [9.17, 15) is 19.8 Å². The number of aromatic carboxylic acids is 1. The smallest absolute Gasteiger partial charge is 0.336 e. The van der Waals surface area contributed by atoms with Crippen LogP contribution in [0.2, 0.25) is 0 Å². The average molecular weight is 573 g/mol. The molecule has 2 heterocycles. The summed E-state index contributed by atoms with van der Waals surface area (Å²) in [6, 6.07) is 22.8. The molecule has 216 valence electrons. The van der Waals surface area contributed by atoms with Crippen LogP contribution in [0.3, 0.4) is 0 Å². The van der Waals surface area contributed by atoms with Gasteiger partial charge in [0.15, 0.2) is 6.79 Å². The molecule has 0 fully saturated rings. The zero-order valence-corrected chi connectivity index (χ0v) is 22.6. The monoisotopic (exact) mass is 572 g/mol. The lowest BCUT2D eigenvalue weighted by Crippen LogP contribution is -2.30. The number of furan rings is 1. The highest BCUT2D eigenvalue weighted by atomic mass is 16.8. The Morgan fingerprint density at radius 2 is 1.79 bits per heavy atom. The molecule has 5 rings (SSSR count). The summed E-state index contributed by atoms with van der Waals surface area (Å²) in [5.41, 5.74) is 2.91. The standard InChI is InChI=1S/C32H28O10/c1-37-32-41-27-12-5-4-11-26(27)29(42-32)17-22(30(33)34)16-28-24(13-14-39-28)20-8-6-9-23(15-20)40-19-38-18-21-7-2-3-10-25(21)31(35)36/h2-16,29,32H,17-19H2,1H3,(H,33,34)(H,35,36)/b22-16+. The van der Waals surface area contributed by atoms with Crippen molar-refractivity contribution in [3.05, 3.63) is 113 Å². The Kier molecular flexibility index (Phi) is 8.98. The number of ether oxygens (including phenoxy) is 5. The van der Waals surface area contributed by atoms with Crippen molar-refractivity contribution >= 4 is 18.0 Å². The number of fused-ring (bicyclic) bond motifs is 1. The first-order chi connectivity index (χ1) is 20.4. The van der Waals surface area contributed by atoms with Crippen molar-refractivity contribution in [2.24, 2.45) is 0 Å². The van der Waals surface area contributed by atoms with E-state index in [1.54, 1.807) is 48.5 Å². The molecule has 1 aliphatic heterocycles. The minimum atomic E-state index is -1.11. The van der Waals surface area contributed by atoms with Crippen LogP contribution in [-0.2, 0) is 25.6 Å². The Morgan fingerprint density at radius 3 is 2.60 bits per heavy atom. The Hall–Kier alpha value is -4.90. The van der Waals surface area contributed by atoms with Crippen molar-refractivity contribution < 1.29 is 47.9 Å². The number of hydrogen-bond acceptors (Lipinski definition) is 8. The molecule has 0 amide bonds. The normalized spacial score (nSPS) is 16.4. The van der Waals surface area contributed by atoms with Crippen LogP contribution in [0.15, 0.2) is 95.1 Å². The maximum absolute atomic E-state index is 12.3. The minimum Gasteiger partial charge on any atom is -0.478 e. The van der Waals surface area contributed by atoms with Crippen LogP contribution in [0.25, 0.3) is 17.2 Å². The van der Waals surface area contributed by atoms with Crippen molar-refractivity contribution in [2.45, 2.75) is 25.6 Å². The van der Waals surface area contributed by atoms with Crippen molar-refractivity contribution in [1.29, 1.82) is 0 Å². The number of benzene rings is 3. The molecule has 0 bridgehead atoms. The van der Waals surface area contributed by atoms with E-state index < -0.39 is 24.5 Å². The highest BCUT2D eigenvalue weighted by molar-refractivity contribution is 5.93. The van der Waals surface area contributed by atoms with Crippen molar-refractivity contribution in [1.82, 2.24) is 0 Å². The van der Waals surface area contributed by atoms with Gasteiger partial charge in [-0.2, -0.15) is 0 Å². The summed E-state index contributed by atoms with van der Waals surface area (Å²) in [6.45, 7) is -0.991. The summed E-state index contributed by atoms with van der Waals surface area (Å²) in [4.78, 5) is 23.7. The highest BCUT2D eigenvalue weighted by Crippen LogP contribution is 2.39. The molecular formula is C32H28O10. The molecule has 42 heavy (non-hydrogen) atoms. The Balaban J connectivity index is 1.29. The molecule has 0 saturated heterocycles. The van der Waals surface area contributed by atoms with Crippen LogP contribution in [0.1, 0.15) is 39.8 Å². The van der Waals surface area contributed by atoms with Gasteiger partial charge in [0.25, 0.3) is 0 Å². The van der Waals surface area contributed by atoms with Gasteiger partial charge in [0.05, 0.1) is 24.5 Å². The minimum absolute atomic E-state index is 0.0429. The van der Waals surface area contributed by atoms with E-state index in [4.69, 9.17) is 28.1 Å². The number of methoxy groups -OCH3 is 1. The van der Waals surface area contributed by atoms with E-state index in [0.717, 1.165) is 11.1 Å². The van der Waals surface area contributed by atoms with Gasteiger partial charge in [0.1, 0.15) is 17.3 Å². The molecule has 10 nitrogen and oxygen atoms in total. The fraction of sp³-hybridized carbons (Fsp3) is 0.188. The van der Waals surface area contributed by atoms with Crippen LogP contribution in [0.5, 0.6) is 11.5 Å². The second-order valence-corrected chi connectivity index (χ2v) is 9.28. The lowest BCUT2D eigenvalue weighted by molar-refractivity contribution is -0.268. The molecule has 1 aromatic heterocycles. The van der Waals surface area contributed by atoms with Crippen LogP contribution >= 0.6 is 0 Å². The third kappa shape index (κ3) is 6.69. The summed E-state index contributed by atoms with van der Waals surface area (Å²) in [6.07, 6.45) is 2.40. The number of rotatable bonds is 12. The van der Waals surface area contributed by atoms with Gasteiger partial charge in [0, 0.05) is 30.2 Å². The maximum atomic E-state index is 12.3. The quantitative estimate of drug-likeness (QED) is 0.116. The van der Waals surface area contributed by atoms with Gasteiger partial charge in [-0.05, 0) is 47.5 Å². The van der Waals surface area contributed by atoms with E-state index in [-0.39, 0.29) is 31.0 Å². The van der Waals surface area contributed by atoms with E-state index in [2.05, 4.69) is 0 Å². The van der Waals surface area contributed by atoms with Crippen LogP contribution < -0.4 is 9.47 Å². The molecule has 4 aromatic rings. The lowest BCUT2D eigenvalue weighted by atomic mass is 9.98. The van der Waals surface area contributed by atoms with Gasteiger partial charge in [-0.25, -0.2) is 9.59 Å². The fourth-order valence-corrected chi connectivity index (χ4v) is 4.56. The third-order valence-electron chi connectivity index (χ3n) is 6.60. The van der Waals surface area contributed by atoms with Crippen LogP contribution in [0.4, 0.5) is 0 Å². The van der Waals surface area contributed by atoms with E-state index in [1.165, 1.54) is 25.5 Å². The maximum Gasteiger partial charge on any atom is 0.336 e. The van der Waals surface area contributed by atoms with Crippen molar-refractivity contribution in [2.75, 3.05) is 13.9 Å². The lowest BCUT2D eigenvalue weighted by Gasteiger charge is -2.31. The first kappa shape index (κ1) is 28.6. The van der Waals surface area contributed by atoms with Crippen molar-refractivity contribution in [3.8, 4) is 22.6 Å². The summed E-state index contributed by atoms with van der Waals surface area (Å²) in [5, 5.41) is 19.4. The molecule has 0 radical (unpaired) electrons. The van der Waals surface area contributed by atoms with Crippen LogP contribution in [-0.4, -0.2) is 42.5 Å². The molecule has 0 aliphatic carbocycles. The molecule has 2 atom stereocenters. The number of hydrogen-bond donors (Lipinski definition) is 2. The van der Waals surface area contributed by atoms with Gasteiger partial charge < -0.3 is 38.3 Å². The number of carbonyl (C=O) groups is 2. The SMILES string of the molecule is COC1Oc2ccccc2C(C/C(=C\c2occc2-c2cccc(OCOCc3ccccc3C(=O)O)c2)C(=O)O)O1. The zero-order chi connectivity index (χ0) is 29.5.